The predicted octanol–water partition coefficient (Wildman–Crippen LogP) is 3.71. The van der Waals surface area contributed by atoms with Crippen LogP contribution in [0.25, 0.3) is 11.4 Å². The van der Waals surface area contributed by atoms with Crippen LogP contribution in [0.5, 0.6) is 0 Å². The quantitative estimate of drug-likeness (QED) is 0.796. The second-order valence-electron chi connectivity index (χ2n) is 4.51. The van der Waals surface area contributed by atoms with Crippen molar-refractivity contribution in [2.24, 2.45) is 0 Å². The minimum atomic E-state index is 0.548. The molecule has 0 bridgehead atoms. The first-order valence-corrected chi connectivity index (χ1v) is 6.84. The lowest BCUT2D eigenvalue weighted by atomic mass is 10.2. The average Bonchev–Trinajstić information content (AvgIpc) is 3.01. The molecule has 106 valence electrons. The molecule has 1 aromatic carbocycles. The van der Waals surface area contributed by atoms with Gasteiger partial charge < -0.3 is 9.73 Å². The summed E-state index contributed by atoms with van der Waals surface area (Å²) in [5.74, 6) is 2.08. The Bertz CT molecular complexity index is 726. The molecular weight excluding hydrogens is 288 g/mol. The van der Waals surface area contributed by atoms with Crippen LogP contribution in [0.3, 0.4) is 0 Å². The van der Waals surface area contributed by atoms with Gasteiger partial charge in [0.1, 0.15) is 11.5 Å². The molecule has 0 aliphatic heterocycles. The van der Waals surface area contributed by atoms with Crippen molar-refractivity contribution in [2.75, 3.05) is 5.32 Å². The maximum atomic E-state index is 5.88. The molecule has 6 heteroatoms. The molecule has 3 aromatic rings. The lowest BCUT2D eigenvalue weighted by Crippen LogP contribution is -2.06. The SMILES string of the molecule is Cc1nnc(-c2ccc(Cl)cc2)nc1NCc1ccco1. The van der Waals surface area contributed by atoms with E-state index in [2.05, 4.69) is 20.5 Å². The van der Waals surface area contributed by atoms with Crippen molar-refractivity contribution < 1.29 is 4.42 Å². The topological polar surface area (TPSA) is 63.8 Å². The summed E-state index contributed by atoms with van der Waals surface area (Å²) in [5, 5.41) is 12.1. The van der Waals surface area contributed by atoms with Gasteiger partial charge in [0.15, 0.2) is 11.6 Å². The molecule has 2 aromatic heterocycles. The fraction of sp³-hybridized carbons (Fsp3) is 0.133. The van der Waals surface area contributed by atoms with Crippen molar-refractivity contribution in [3.63, 3.8) is 0 Å². The van der Waals surface area contributed by atoms with Gasteiger partial charge in [-0.15, -0.1) is 10.2 Å². The molecule has 5 nitrogen and oxygen atoms in total. The van der Waals surface area contributed by atoms with Gasteiger partial charge in [-0.1, -0.05) is 11.6 Å². The normalized spacial score (nSPS) is 10.6. The van der Waals surface area contributed by atoms with Crippen LogP contribution < -0.4 is 5.32 Å². The van der Waals surface area contributed by atoms with Crippen LogP contribution in [-0.4, -0.2) is 15.2 Å². The third kappa shape index (κ3) is 3.20. The highest BCUT2D eigenvalue weighted by Gasteiger charge is 2.08. The number of hydrogen-bond donors (Lipinski definition) is 1. The second kappa shape index (κ2) is 5.93. The van der Waals surface area contributed by atoms with E-state index in [4.69, 9.17) is 16.0 Å². The molecule has 0 aliphatic carbocycles. The molecule has 1 N–H and O–H groups in total. The Morgan fingerprint density at radius 3 is 2.67 bits per heavy atom. The van der Waals surface area contributed by atoms with Crippen LogP contribution in [-0.2, 0) is 6.54 Å². The van der Waals surface area contributed by atoms with Crippen molar-refractivity contribution in [2.45, 2.75) is 13.5 Å². The average molecular weight is 301 g/mol. The molecule has 0 spiro atoms. The number of furan rings is 1. The molecule has 0 amide bonds. The molecule has 3 rings (SSSR count). The Morgan fingerprint density at radius 2 is 1.95 bits per heavy atom. The van der Waals surface area contributed by atoms with Crippen LogP contribution in [0.15, 0.2) is 47.1 Å². The monoisotopic (exact) mass is 300 g/mol. The van der Waals surface area contributed by atoms with E-state index in [9.17, 15) is 0 Å². The first-order chi connectivity index (χ1) is 10.2. The van der Waals surface area contributed by atoms with Crippen molar-refractivity contribution in [1.29, 1.82) is 0 Å². The Hall–Kier alpha value is -2.40. The zero-order chi connectivity index (χ0) is 14.7. The highest BCUT2D eigenvalue weighted by molar-refractivity contribution is 6.30. The van der Waals surface area contributed by atoms with Gasteiger partial charge in [-0.25, -0.2) is 4.98 Å². The van der Waals surface area contributed by atoms with E-state index in [1.165, 1.54) is 0 Å². The van der Waals surface area contributed by atoms with E-state index >= 15 is 0 Å². The van der Waals surface area contributed by atoms with Crippen molar-refractivity contribution in [3.05, 3.63) is 59.1 Å². The Kier molecular flexibility index (Phi) is 3.83. The van der Waals surface area contributed by atoms with Gasteiger partial charge >= 0.3 is 0 Å². The van der Waals surface area contributed by atoms with E-state index in [1.807, 2.05) is 31.2 Å². The highest BCUT2D eigenvalue weighted by Crippen LogP contribution is 2.20. The van der Waals surface area contributed by atoms with Crippen LogP contribution in [0.4, 0.5) is 5.82 Å². The summed E-state index contributed by atoms with van der Waals surface area (Å²) in [6.07, 6.45) is 1.64. The van der Waals surface area contributed by atoms with E-state index in [-0.39, 0.29) is 0 Å². The fourth-order valence-corrected chi connectivity index (χ4v) is 1.98. The molecule has 0 atom stereocenters. The predicted molar refractivity (Wildman–Crippen MR) is 81.0 cm³/mol. The Balaban J connectivity index is 1.83. The molecule has 0 unspecified atom stereocenters. The summed E-state index contributed by atoms with van der Waals surface area (Å²) in [5.41, 5.74) is 1.60. The smallest absolute Gasteiger partial charge is 0.183 e. The van der Waals surface area contributed by atoms with Crippen molar-refractivity contribution in [3.8, 4) is 11.4 Å². The minimum Gasteiger partial charge on any atom is -0.467 e. The number of benzene rings is 1. The molecule has 21 heavy (non-hydrogen) atoms. The van der Waals surface area contributed by atoms with Gasteiger partial charge in [0.2, 0.25) is 0 Å². The first-order valence-electron chi connectivity index (χ1n) is 6.46. The summed E-state index contributed by atoms with van der Waals surface area (Å²) in [7, 11) is 0. The number of halogens is 1. The van der Waals surface area contributed by atoms with Crippen molar-refractivity contribution in [1.82, 2.24) is 15.2 Å². The van der Waals surface area contributed by atoms with E-state index in [0.717, 1.165) is 17.0 Å². The molecule has 0 saturated carbocycles. The summed E-state index contributed by atoms with van der Waals surface area (Å²) < 4.78 is 5.28. The van der Waals surface area contributed by atoms with E-state index < -0.39 is 0 Å². The number of nitrogens with zero attached hydrogens (tertiary/aromatic N) is 3. The maximum absolute atomic E-state index is 5.88. The molecular formula is C15H13ClN4O. The molecule has 0 saturated heterocycles. The summed E-state index contributed by atoms with van der Waals surface area (Å²) in [6, 6.07) is 11.1. The lowest BCUT2D eigenvalue weighted by molar-refractivity contribution is 0.517. The number of anilines is 1. The summed E-state index contributed by atoms with van der Waals surface area (Å²) >= 11 is 5.88. The number of nitrogens with one attached hydrogen (secondary N) is 1. The molecule has 0 radical (unpaired) electrons. The van der Waals surface area contributed by atoms with Crippen LogP contribution in [0.2, 0.25) is 5.02 Å². The lowest BCUT2D eigenvalue weighted by Gasteiger charge is -2.08. The van der Waals surface area contributed by atoms with E-state index in [0.29, 0.717) is 23.2 Å². The zero-order valence-corrected chi connectivity index (χ0v) is 12.1. The molecule has 2 heterocycles. The summed E-state index contributed by atoms with van der Waals surface area (Å²) in [4.78, 5) is 4.50. The van der Waals surface area contributed by atoms with Gasteiger partial charge in [0.25, 0.3) is 0 Å². The molecule has 0 fully saturated rings. The van der Waals surface area contributed by atoms with E-state index in [1.54, 1.807) is 18.4 Å². The van der Waals surface area contributed by atoms with Crippen molar-refractivity contribution >= 4 is 17.4 Å². The van der Waals surface area contributed by atoms with Crippen LogP contribution in [0, 0.1) is 6.92 Å². The number of hydrogen-bond acceptors (Lipinski definition) is 5. The standard InChI is InChI=1S/C15H13ClN4O/c1-10-14(17-9-13-3-2-8-21-13)18-15(20-19-10)11-4-6-12(16)7-5-11/h2-8H,9H2,1H3,(H,17,18,20). The number of aryl methyl sites for hydroxylation is 1. The first kappa shape index (κ1) is 13.6. The van der Waals surface area contributed by atoms with Gasteiger partial charge in [0.05, 0.1) is 12.8 Å². The largest absolute Gasteiger partial charge is 0.467 e. The fourth-order valence-electron chi connectivity index (χ4n) is 1.85. The Morgan fingerprint density at radius 1 is 1.14 bits per heavy atom. The minimum absolute atomic E-state index is 0.548. The van der Waals surface area contributed by atoms with Gasteiger partial charge in [-0.2, -0.15) is 0 Å². The number of aromatic nitrogens is 3. The third-order valence-electron chi connectivity index (χ3n) is 2.97. The van der Waals surface area contributed by atoms with Gasteiger partial charge in [-0.05, 0) is 43.3 Å². The van der Waals surface area contributed by atoms with Gasteiger partial charge in [-0.3, -0.25) is 0 Å². The molecule has 0 aliphatic rings. The number of rotatable bonds is 4. The second-order valence-corrected chi connectivity index (χ2v) is 4.95. The van der Waals surface area contributed by atoms with Crippen LogP contribution in [0.1, 0.15) is 11.5 Å². The maximum Gasteiger partial charge on any atom is 0.183 e. The Labute approximate surface area is 127 Å². The van der Waals surface area contributed by atoms with Gasteiger partial charge in [0, 0.05) is 10.6 Å². The third-order valence-corrected chi connectivity index (χ3v) is 3.22. The van der Waals surface area contributed by atoms with Crippen LogP contribution >= 0.6 is 11.6 Å². The summed E-state index contributed by atoms with van der Waals surface area (Å²) in [6.45, 7) is 2.41. The zero-order valence-electron chi connectivity index (χ0n) is 11.4. The highest BCUT2D eigenvalue weighted by atomic mass is 35.5.